The molecule has 6 rings (SSSR count). The van der Waals surface area contributed by atoms with Crippen LogP contribution < -0.4 is 5.32 Å². The van der Waals surface area contributed by atoms with E-state index in [0.29, 0.717) is 12.5 Å². The van der Waals surface area contributed by atoms with Gasteiger partial charge in [0, 0.05) is 12.1 Å². The number of imidazole rings is 1. The minimum absolute atomic E-state index is 0.00507. The summed E-state index contributed by atoms with van der Waals surface area (Å²) < 4.78 is 2.27. The van der Waals surface area contributed by atoms with Gasteiger partial charge in [0.25, 0.3) is 0 Å². The van der Waals surface area contributed by atoms with Crippen LogP contribution in [-0.4, -0.2) is 27.2 Å². The van der Waals surface area contributed by atoms with Crippen LogP contribution in [0.25, 0.3) is 22.4 Å². The molecule has 5 aromatic rings. The van der Waals surface area contributed by atoms with Crippen LogP contribution in [0.1, 0.15) is 54.3 Å². The van der Waals surface area contributed by atoms with Gasteiger partial charge in [0.05, 0.1) is 29.6 Å². The Labute approximate surface area is 235 Å². The van der Waals surface area contributed by atoms with E-state index in [1.165, 1.54) is 0 Å². The first-order valence-corrected chi connectivity index (χ1v) is 14.3. The summed E-state index contributed by atoms with van der Waals surface area (Å²) in [5.41, 5.74) is 6.28. The summed E-state index contributed by atoms with van der Waals surface area (Å²) in [5.74, 6) is 1.02. The molecule has 0 unspecified atom stereocenters. The van der Waals surface area contributed by atoms with Gasteiger partial charge in [-0.1, -0.05) is 110 Å². The SMILES string of the molecule is O=C(N[C@@H](CO)c1ccccc1)[C@H](c1ccc(Cn2c(-c3ccccc3)nc3ccccc32)cc1)C1CCCC1. The third-order valence-electron chi connectivity index (χ3n) is 8.22. The number of aromatic nitrogens is 2. The maximum absolute atomic E-state index is 13.7. The van der Waals surface area contributed by atoms with Gasteiger partial charge in [-0.05, 0) is 47.6 Å². The smallest absolute Gasteiger partial charge is 0.228 e. The molecule has 202 valence electrons. The van der Waals surface area contributed by atoms with Crippen LogP contribution in [0.5, 0.6) is 0 Å². The second kappa shape index (κ2) is 11.9. The number of carbonyl (C=O) groups is 1. The highest BCUT2D eigenvalue weighted by molar-refractivity contribution is 5.84. The minimum Gasteiger partial charge on any atom is -0.394 e. The summed E-state index contributed by atoms with van der Waals surface area (Å²) in [6.07, 6.45) is 4.42. The fourth-order valence-corrected chi connectivity index (χ4v) is 6.17. The minimum atomic E-state index is -0.414. The summed E-state index contributed by atoms with van der Waals surface area (Å²) in [7, 11) is 0. The molecule has 5 heteroatoms. The predicted octanol–water partition coefficient (Wildman–Crippen LogP) is 6.88. The van der Waals surface area contributed by atoms with Crippen molar-refractivity contribution in [1.82, 2.24) is 14.9 Å². The van der Waals surface area contributed by atoms with Crippen molar-refractivity contribution in [2.24, 2.45) is 5.92 Å². The molecular formula is C35H35N3O2. The lowest BCUT2D eigenvalue weighted by atomic mass is 9.83. The van der Waals surface area contributed by atoms with Crippen molar-refractivity contribution in [3.05, 3.63) is 126 Å². The Kier molecular flexibility index (Phi) is 7.73. The molecule has 1 fully saturated rings. The van der Waals surface area contributed by atoms with E-state index in [0.717, 1.165) is 64.8 Å². The molecular weight excluding hydrogens is 494 g/mol. The van der Waals surface area contributed by atoms with Gasteiger partial charge < -0.3 is 15.0 Å². The number of benzene rings is 4. The normalized spacial score (nSPS) is 15.2. The van der Waals surface area contributed by atoms with E-state index in [1.54, 1.807) is 0 Å². The van der Waals surface area contributed by atoms with Gasteiger partial charge in [0.2, 0.25) is 5.91 Å². The lowest BCUT2D eigenvalue weighted by molar-refractivity contribution is -0.124. The van der Waals surface area contributed by atoms with Gasteiger partial charge in [-0.2, -0.15) is 0 Å². The number of carbonyl (C=O) groups excluding carboxylic acids is 1. The number of para-hydroxylation sites is 2. The molecule has 2 atom stereocenters. The second-order valence-electron chi connectivity index (χ2n) is 10.8. The molecule has 1 aliphatic carbocycles. The average Bonchev–Trinajstić information content (AvgIpc) is 3.67. The Balaban J connectivity index is 1.28. The molecule has 0 saturated heterocycles. The number of aliphatic hydroxyl groups is 1. The summed E-state index contributed by atoms with van der Waals surface area (Å²) >= 11 is 0. The van der Waals surface area contributed by atoms with E-state index >= 15 is 0 Å². The fourth-order valence-electron chi connectivity index (χ4n) is 6.17. The fraction of sp³-hybridized carbons (Fsp3) is 0.257. The molecule has 4 aromatic carbocycles. The van der Waals surface area contributed by atoms with Crippen molar-refractivity contribution in [2.75, 3.05) is 6.61 Å². The molecule has 1 amide bonds. The monoisotopic (exact) mass is 529 g/mol. The van der Waals surface area contributed by atoms with E-state index in [9.17, 15) is 9.90 Å². The van der Waals surface area contributed by atoms with Crippen LogP contribution in [0.15, 0.2) is 109 Å². The Morgan fingerprint density at radius 1 is 0.825 bits per heavy atom. The van der Waals surface area contributed by atoms with Crippen molar-refractivity contribution in [3.8, 4) is 11.4 Å². The molecule has 0 aliphatic heterocycles. The molecule has 1 heterocycles. The lowest BCUT2D eigenvalue weighted by Crippen LogP contribution is -2.37. The van der Waals surface area contributed by atoms with Crippen LogP contribution in [0.3, 0.4) is 0 Å². The number of aliphatic hydroxyl groups excluding tert-OH is 1. The zero-order chi connectivity index (χ0) is 27.3. The first-order chi connectivity index (χ1) is 19.7. The van der Waals surface area contributed by atoms with Crippen molar-refractivity contribution in [1.29, 1.82) is 0 Å². The number of nitrogens with zero attached hydrogens (tertiary/aromatic N) is 2. The summed E-state index contributed by atoms with van der Waals surface area (Å²) in [6, 6.07) is 36.4. The number of hydrogen-bond donors (Lipinski definition) is 2. The largest absolute Gasteiger partial charge is 0.394 e. The Hall–Kier alpha value is -4.22. The standard InChI is InChI=1S/C35H35N3O2/c39-24-31(26-11-3-1-4-12-26)37-35(40)33(27-13-7-8-14-27)28-21-19-25(20-22-28)23-38-32-18-10-9-17-30(32)36-34(38)29-15-5-2-6-16-29/h1-6,9-12,15-22,27,31,33,39H,7-8,13-14,23-24H2,(H,37,40)/t31-,33-/m0/s1. The quantitative estimate of drug-likeness (QED) is 0.219. The maximum atomic E-state index is 13.7. The van der Waals surface area contributed by atoms with E-state index in [4.69, 9.17) is 4.98 Å². The number of nitrogens with one attached hydrogen (secondary N) is 1. The highest BCUT2D eigenvalue weighted by Gasteiger charge is 2.33. The first-order valence-electron chi connectivity index (χ1n) is 14.3. The second-order valence-corrected chi connectivity index (χ2v) is 10.8. The van der Waals surface area contributed by atoms with Crippen molar-refractivity contribution >= 4 is 16.9 Å². The number of fused-ring (bicyclic) bond motifs is 1. The van der Waals surface area contributed by atoms with Crippen molar-refractivity contribution in [2.45, 2.75) is 44.2 Å². The van der Waals surface area contributed by atoms with E-state index in [-0.39, 0.29) is 18.4 Å². The Morgan fingerprint density at radius 3 is 2.17 bits per heavy atom. The highest BCUT2D eigenvalue weighted by Crippen LogP contribution is 2.38. The predicted molar refractivity (Wildman–Crippen MR) is 160 cm³/mol. The zero-order valence-corrected chi connectivity index (χ0v) is 22.6. The van der Waals surface area contributed by atoms with Crippen LogP contribution in [0.2, 0.25) is 0 Å². The number of rotatable bonds is 9. The van der Waals surface area contributed by atoms with Gasteiger partial charge in [-0.15, -0.1) is 0 Å². The number of hydrogen-bond acceptors (Lipinski definition) is 3. The summed E-state index contributed by atoms with van der Waals surface area (Å²) in [6.45, 7) is 0.556. The average molecular weight is 530 g/mol. The van der Waals surface area contributed by atoms with Gasteiger partial charge in [-0.25, -0.2) is 4.98 Å². The van der Waals surface area contributed by atoms with Gasteiger partial charge >= 0.3 is 0 Å². The van der Waals surface area contributed by atoms with Gasteiger partial charge in [0.15, 0.2) is 0 Å². The lowest BCUT2D eigenvalue weighted by Gasteiger charge is -2.26. The first kappa shape index (κ1) is 26.0. The molecule has 5 nitrogen and oxygen atoms in total. The van der Waals surface area contributed by atoms with Gasteiger partial charge in [-0.3, -0.25) is 4.79 Å². The highest BCUT2D eigenvalue weighted by atomic mass is 16.3. The molecule has 0 bridgehead atoms. The molecule has 0 spiro atoms. The maximum Gasteiger partial charge on any atom is 0.228 e. The molecule has 1 aromatic heterocycles. The van der Waals surface area contributed by atoms with E-state index in [1.807, 2.05) is 54.6 Å². The van der Waals surface area contributed by atoms with E-state index < -0.39 is 6.04 Å². The van der Waals surface area contributed by atoms with Crippen LogP contribution in [0.4, 0.5) is 0 Å². The molecule has 1 aliphatic rings. The molecule has 40 heavy (non-hydrogen) atoms. The molecule has 2 N–H and O–H groups in total. The van der Waals surface area contributed by atoms with E-state index in [2.05, 4.69) is 64.5 Å². The van der Waals surface area contributed by atoms with Crippen LogP contribution in [-0.2, 0) is 11.3 Å². The van der Waals surface area contributed by atoms with Crippen molar-refractivity contribution in [3.63, 3.8) is 0 Å². The van der Waals surface area contributed by atoms with Gasteiger partial charge in [0.1, 0.15) is 5.82 Å². The molecule has 0 radical (unpaired) electrons. The summed E-state index contributed by atoms with van der Waals surface area (Å²) in [4.78, 5) is 18.7. The van der Waals surface area contributed by atoms with Crippen LogP contribution in [0, 0.1) is 5.92 Å². The molecule has 1 saturated carbocycles. The Morgan fingerprint density at radius 2 is 1.48 bits per heavy atom. The third-order valence-corrected chi connectivity index (χ3v) is 8.22. The third kappa shape index (κ3) is 5.43. The topological polar surface area (TPSA) is 67.2 Å². The van der Waals surface area contributed by atoms with Crippen LogP contribution >= 0.6 is 0 Å². The Bertz CT molecular complexity index is 1560. The number of amides is 1. The van der Waals surface area contributed by atoms with Crippen molar-refractivity contribution < 1.29 is 9.90 Å². The summed E-state index contributed by atoms with van der Waals surface area (Å²) in [5, 5.41) is 13.2. The zero-order valence-electron chi connectivity index (χ0n) is 22.6.